The van der Waals surface area contributed by atoms with Gasteiger partial charge in [0.15, 0.2) is 0 Å². The average molecular weight is 439 g/mol. The Kier molecular flexibility index (Phi) is 8.69. The zero-order valence-corrected chi connectivity index (χ0v) is 19.3. The van der Waals surface area contributed by atoms with Gasteiger partial charge in [0.2, 0.25) is 0 Å². The van der Waals surface area contributed by atoms with Gasteiger partial charge in [0, 0.05) is 0 Å². The first kappa shape index (κ1) is 23.2. The van der Waals surface area contributed by atoms with E-state index in [0.29, 0.717) is 36.9 Å². The fraction of sp³-hybridized carbons (Fsp3) is 0.290. The molecule has 2 nitrogen and oxygen atoms in total. The predicted octanol–water partition coefficient (Wildman–Crippen LogP) is 7.19. The summed E-state index contributed by atoms with van der Waals surface area (Å²) in [5.74, 6) is 1.66. The standard InChI is InChI=1S/C31H34O2/c1-2-28-20-29(19-18-25-12-6-3-7-13-25)31(24-33-22-27-16-10-5-11-17-27)30(28)23-32-21-26-14-8-4-9-15-26/h2-19,28-31H,1,20-24H2/b19-18+/t28?,29?,30-,31+/m0/s1. The first-order valence-electron chi connectivity index (χ1n) is 11.9. The van der Waals surface area contributed by atoms with Crippen LogP contribution in [0.15, 0.2) is 110 Å². The van der Waals surface area contributed by atoms with Crippen LogP contribution in [0.25, 0.3) is 6.08 Å². The van der Waals surface area contributed by atoms with Gasteiger partial charge in [0.25, 0.3) is 0 Å². The number of hydrogen-bond donors (Lipinski definition) is 0. The lowest BCUT2D eigenvalue weighted by Crippen LogP contribution is -2.26. The fourth-order valence-electron chi connectivity index (χ4n) is 4.86. The highest BCUT2D eigenvalue weighted by atomic mass is 16.5. The van der Waals surface area contributed by atoms with Crippen molar-refractivity contribution in [2.75, 3.05) is 13.2 Å². The molecule has 170 valence electrons. The fourth-order valence-corrected chi connectivity index (χ4v) is 4.86. The lowest BCUT2D eigenvalue weighted by Gasteiger charge is -2.25. The maximum absolute atomic E-state index is 6.25. The van der Waals surface area contributed by atoms with Crippen molar-refractivity contribution >= 4 is 6.08 Å². The summed E-state index contributed by atoms with van der Waals surface area (Å²) in [5, 5.41) is 0. The highest BCUT2D eigenvalue weighted by Gasteiger charge is 2.40. The third-order valence-corrected chi connectivity index (χ3v) is 6.68. The van der Waals surface area contributed by atoms with Crippen LogP contribution < -0.4 is 0 Å². The van der Waals surface area contributed by atoms with E-state index < -0.39 is 0 Å². The molecule has 33 heavy (non-hydrogen) atoms. The van der Waals surface area contributed by atoms with E-state index >= 15 is 0 Å². The van der Waals surface area contributed by atoms with Crippen LogP contribution in [0, 0.1) is 23.7 Å². The molecule has 1 aliphatic rings. The Bertz CT molecular complexity index is 981. The van der Waals surface area contributed by atoms with Gasteiger partial charge in [-0.3, -0.25) is 0 Å². The van der Waals surface area contributed by atoms with Crippen molar-refractivity contribution in [2.45, 2.75) is 19.6 Å². The highest BCUT2D eigenvalue weighted by Crippen LogP contribution is 2.44. The molecule has 0 aromatic heterocycles. The SMILES string of the molecule is C=CC1CC(/C=C/c2ccccc2)[C@@H](COCc2ccccc2)[C@H]1COCc1ccccc1. The van der Waals surface area contributed by atoms with Gasteiger partial charge in [-0.1, -0.05) is 109 Å². The van der Waals surface area contributed by atoms with Crippen molar-refractivity contribution in [3.63, 3.8) is 0 Å². The summed E-state index contributed by atoms with van der Waals surface area (Å²) in [6.07, 6.45) is 7.84. The van der Waals surface area contributed by atoms with E-state index in [2.05, 4.69) is 104 Å². The van der Waals surface area contributed by atoms with E-state index in [1.165, 1.54) is 16.7 Å². The predicted molar refractivity (Wildman–Crippen MR) is 136 cm³/mol. The summed E-state index contributed by atoms with van der Waals surface area (Å²) in [6, 6.07) is 31.3. The molecule has 0 bridgehead atoms. The molecule has 4 rings (SSSR count). The third kappa shape index (κ3) is 6.77. The molecule has 1 saturated carbocycles. The lowest BCUT2D eigenvalue weighted by atomic mass is 9.87. The van der Waals surface area contributed by atoms with Gasteiger partial charge < -0.3 is 9.47 Å². The van der Waals surface area contributed by atoms with Crippen LogP contribution in [0.3, 0.4) is 0 Å². The van der Waals surface area contributed by atoms with Gasteiger partial charge >= 0.3 is 0 Å². The van der Waals surface area contributed by atoms with Gasteiger partial charge in [0.05, 0.1) is 26.4 Å². The monoisotopic (exact) mass is 438 g/mol. The van der Waals surface area contributed by atoms with E-state index in [1.807, 2.05) is 12.1 Å². The highest BCUT2D eigenvalue weighted by molar-refractivity contribution is 5.49. The molecular weight excluding hydrogens is 404 g/mol. The average Bonchev–Trinajstić information content (AvgIpc) is 3.21. The van der Waals surface area contributed by atoms with Crippen LogP contribution in [0.2, 0.25) is 0 Å². The first-order valence-corrected chi connectivity index (χ1v) is 11.9. The van der Waals surface area contributed by atoms with Crippen molar-refractivity contribution in [1.82, 2.24) is 0 Å². The third-order valence-electron chi connectivity index (χ3n) is 6.68. The van der Waals surface area contributed by atoms with E-state index in [-0.39, 0.29) is 0 Å². The molecule has 3 aromatic carbocycles. The number of benzene rings is 3. The van der Waals surface area contributed by atoms with Crippen LogP contribution >= 0.6 is 0 Å². The summed E-state index contributed by atoms with van der Waals surface area (Å²) in [7, 11) is 0. The number of ether oxygens (including phenoxy) is 2. The van der Waals surface area contributed by atoms with Crippen molar-refractivity contribution in [3.05, 3.63) is 126 Å². The molecule has 2 heteroatoms. The van der Waals surface area contributed by atoms with Crippen molar-refractivity contribution in [3.8, 4) is 0 Å². The van der Waals surface area contributed by atoms with Crippen LogP contribution in [0.4, 0.5) is 0 Å². The number of hydrogen-bond acceptors (Lipinski definition) is 2. The number of rotatable bonds is 11. The summed E-state index contributed by atoms with van der Waals surface area (Å²) >= 11 is 0. The van der Waals surface area contributed by atoms with Crippen molar-refractivity contribution in [2.24, 2.45) is 23.7 Å². The smallest absolute Gasteiger partial charge is 0.0717 e. The first-order chi connectivity index (χ1) is 16.3. The van der Waals surface area contributed by atoms with Crippen LogP contribution in [0.1, 0.15) is 23.1 Å². The molecule has 0 radical (unpaired) electrons. The second-order valence-corrected chi connectivity index (χ2v) is 8.90. The van der Waals surface area contributed by atoms with E-state index in [9.17, 15) is 0 Å². The maximum Gasteiger partial charge on any atom is 0.0717 e. The maximum atomic E-state index is 6.25. The Morgan fingerprint density at radius 2 is 1.15 bits per heavy atom. The summed E-state index contributed by atoms with van der Waals surface area (Å²) < 4.78 is 12.5. The van der Waals surface area contributed by atoms with Crippen molar-refractivity contribution < 1.29 is 9.47 Å². The Balaban J connectivity index is 1.44. The molecule has 1 aliphatic carbocycles. The van der Waals surface area contributed by atoms with Crippen LogP contribution in [0.5, 0.6) is 0 Å². The Morgan fingerprint density at radius 1 is 0.667 bits per heavy atom. The molecule has 3 aromatic rings. The Hall–Kier alpha value is -2.94. The van der Waals surface area contributed by atoms with Crippen molar-refractivity contribution in [1.29, 1.82) is 0 Å². The Labute approximate surface area is 198 Å². The quantitative estimate of drug-likeness (QED) is 0.295. The summed E-state index contributed by atoms with van der Waals surface area (Å²) in [6.45, 7) is 6.89. The van der Waals surface area contributed by atoms with Crippen LogP contribution in [-0.4, -0.2) is 13.2 Å². The minimum absolute atomic E-state index is 0.396. The molecule has 0 heterocycles. The molecule has 0 aliphatic heterocycles. The Morgan fingerprint density at radius 3 is 1.67 bits per heavy atom. The molecule has 0 saturated heterocycles. The topological polar surface area (TPSA) is 18.5 Å². The molecule has 0 spiro atoms. The van der Waals surface area contributed by atoms with Gasteiger partial charge in [-0.25, -0.2) is 0 Å². The van der Waals surface area contributed by atoms with Gasteiger partial charge in [-0.2, -0.15) is 0 Å². The second-order valence-electron chi connectivity index (χ2n) is 8.90. The van der Waals surface area contributed by atoms with Gasteiger partial charge in [-0.15, -0.1) is 6.58 Å². The molecule has 4 atom stereocenters. The summed E-state index contributed by atoms with van der Waals surface area (Å²) in [5.41, 5.74) is 3.66. The number of allylic oxidation sites excluding steroid dienone is 2. The zero-order chi connectivity index (χ0) is 22.7. The normalized spacial score (nSPS) is 22.5. The zero-order valence-electron chi connectivity index (χ0n) is 19.3. The van der Waals surface area contributed by atoms with Gasteiger partial charge in [-0.05, 0) is 46.8 Å². The molecule has 2 unspecified atom stereocenters. The lowest BCUT2D eigenvalue weighted by molar-refractivity contribution is 0.0204. The minimum atomic E-state index is 0.396. The largest absolute Gasteiger partial charge is 0.376 e. The van der Waals surface area contributed by atoms with E-state index in [4.69, 9.17) is 9.47 Å². The van der Waals surface area contributed by atoms with Crippen LogP contribution in [-0.2, 0) is 22.7 Å². The molecule has 0 N–H and O–H groups in total. The van der Waals surface area contributed by atoms with Gasteiger partial charge in [0.1, 0.15) is 0 Å². The van der Waals surface area contributed by atoms with E-state index in [1.54, 1.807) is 0 Å². The summed E-state index contributed by atoms with van der Waals surface area (Å²) in [4.78, 5) is 0. The molecule has 1 fully saturated rings. The minimum Gasteiger partial charge on any atom is -0.376 e. The second kappa shape index (κ2) is 12.3. The van der Waals surface area contributed by atoms with E-state index in [0.717, 1.165) is 19.6 Å². The molecular formula is C31H34O2. The molecule has 0 amide bonds.